The molecule has 2 saturated carbocycles. The van der Waals surface area contributed by atoms with E-state index in [0.29, 0.717) is 12.1 Å². The van der Waals surface area contributed by atoms with E-state index in [2.05, 4.69) is 10.2 Å². The Morgan fingerprint density at radius 3 is 2.45 bits per heavy atom. The first-order valence-corrected chi connectivity index (χ1v) is 12.5. The molecule has 5 rings (SSSR count). The van der Waals surface area contributed by atoms with Crippen LogP contribution < -0.4 is 10.1 Å². The molecular formula is C28H34N2O3. The Morgan fingerprint density at radius 2 is 1.70 bits per heavy atom. The minimum Gasteiger partial charge on any atom is -0.496 e. The summed E-state index contributed by atoms with van der Waals surface area (Å²) in [6, 6.07) is 15.8. The van der Waals surface area contributed by atoms with E-state index in [1.807, 2.05) is 48.5 Å². The van der Waals surface area contributed by atoms with Gasteiger partial charge in [-0.05, 0) is 43.4 Å². The molecule has 2 aliphatic carbocycles. The van der Waals surface area contributed by atoms with Gasteiger partial charge in [-0.25, -0.2) is 0 Å². The van der Waals surface area contributed by atoms with Crippen LogP contribution in [0.5, 0.6) is 5.75 Å². The zero-order chi connectivity index (χ0) is 22.8. The quantitative estimate of drug-likeness (QED) is 0.687. The van der Waals surface area contributed by atoms with Gasteiger partial charge in [0.05, 0.1) is 18.6 Å². The first-order chi connectivity index (χ1) is 16.2. The second-order valence-electron chi connectivity index (χ2n) is 9.83. The molecule has 0 radical (unpaired) electrons. The Hall–Kier alpha value is -2.82. The molecule has 1 unspecified atom stereocenters. The highest BCUT2D eigenvalue weighted by Crippen LogP contribution is 2.52. The van der Waals surface area contributed by atoms with Gasteiger partial charge in [-0.3, -0.25) is 9.59 Å². The SMILES string of the molecule is COc1ccccc1CNC(=O)C1c2ccccc2C(=O)N(C2CCCCC2)C12CCCC2. The number of carbonyl (C=O) groups is 2. The van der Waals surface area contributed by atoms with E-state index in [-0.39, 0.29) is 23.8 Å². The predicted octanol–water partition coefficient (Wildman–Crippen LogP) is 5.20. The van der Waals surface area contributed by atoms with Gasteiger partial charge in [0.15, 0.2) is 0 Å². The number of hydrogen-bond acceptors (Lipinski definition) is 3. The fraction of sp³-hybridized carbons (Fsp3) is 0.500. The number of nitrogens with zero attached hydrogens (tertiary/aromatic N) is 1. The van der Waals surface area contributed by atoms with Crippen LogP contribution in [0.25, 0.3) is 0 Å². The Balaban J connectivity index is 1.52. The molecule has 1 spiro atoms. The van der Waals surface area contributed by atoms with E-state index in [1.165, 1.54) is 6.42 Å². The Kier molecular flexibility index (Phi) is 6.13. The number of hydrogen-bond donors (Lipinski definition) is 1. The maximum absolute atomic E-state index is 13.9. The van der Waals surface area contributed by atoms with Crippen molar-refractivity contribution in [1.29, 1.82) is 0 Å². The van der Waals surface area contributed by atoms with Crippen LogP contribution in [0.1, 0.15) is 85.2 Å². The molecule has 0 aromatic heterocycles. The average Bonchev–Trinajstić information content (AvgIpc) is 3.33. The second-order valence-corrected chi connectivity index (χ2v) is 9.83. The third-order valence-electron chi connectivity index (χ3n) is 8.06. The minimum atomic E-state index is -0.418. The number of benzene rings is 2. The number of carbonyl (C=O) groups excluding carboxylic acids is 2. The van der Waals surface area contributed by atoms with Crippen molar-refractivity contribution in [2.75, 3.05) is 7.11 Å². The number of nitrogens with one attached hydrogen (secondary N) is 1. The van der Waals surface area contributed by atoms with Crippen LogP contribution >= 0.6 is 0 Å². The van der Waals surface area contributed by atoms with E-state index in [1.54, 1.807) is 7.11 Å². The van der Waals surface area contributed by atoms with Crippen molar-refractivity contribution in [2.45, 2.75) is 81.8 Å². The highest BCUT2D eigenvalue weighted by molar-refractivity contribution is 6.02. The molecule has 5 nitrogen and oxygen atoms in total. The molecule has 0 saturated heterocycles. The van der Waals surface area contributed by atoms with Crippen LogP contribution in [0.2, 0.25) is 0 Å². The van der Waals surface area contributed by atoms with Gasteiger partial charge in [0, 0.05) is 23.7 Å². The van der Waals surface area contributed by atoms with Gasteiger partial charge in [0.1, 0.15) is 5.75 Å². The smallest absolute Gasteiger partial charge is 0.254 e. The maximum Gasteiger partial charge on any atom is 0.254 e. The summed E-state index contributed by atoms with van der Waals surface area (Å²) in [7, 11) is 1.65. The Labute approximate surface area is 196 Å². The predicted molar refractivity (Wildman–Crippen MR) is 128 cm³/mol. The summed E-state index contributed by atoms with van der Waals surface area (Å²) >= 11 is 0. The number of fused-ring (bicyclic) bond motifs is 1. The summed E-state index contributed by atoms with van der Waals surface area (Å²) in [6.45, 7) is 0.412. The van der Waals surface area contributed by atoms with Crippen LogP contribution in [0.3, 0.4) is 0 Å². The van der Waals surface area contributed by atoms with Crippen LogP contribution in [0.15, 0.2) is 48.5 Å². The molecular weight excluding hydrogens is 412 g/mol. The molecule has 2 aromatic carbocycles. The molecule has 1 N–H and O–H groups in total. The summed E-state index contributed by atoms with van der Waals surface area (Å²) in [5.74, 6) is 0.582. The van der Waals surface area contributed by atoms with Crippen LogP contribution in [-0.4, -0.2) is 35.4 Å². The van der Waals surface area contributed by atoms with Crippen LogP contribution in [0, 0.1) is 0 Å². The molecule has 3 aliphatic rings. The van der Waals surface area contributed by atoms with Gasteiger partial charge >= 0.3 is 0 Å². The molecule has 174 valence electrons. The lowest BCUT2D eigenvalue weighted by Gasteiger charge is -2.54. The number of ether oxygens (including phenoxy) is 1. The normalized spacial score (nSPS) is 22.3. The fourth-order valence-electron chi connectivity index (χ4n) is 6.61. The van der Waals surface area contributed by atoms with Gasteiger partial charge < -0.3 is 15.0 Å². The monoisotopic (exact) mass is 446 g/mol. The number of methoxy groups -OCH3 is 1. The minimum absolute atomic E-state index is 0.0172. The molecule has 2 amide bonds. The lowest BCUT2D eigenvalue weighted by Crippen LogP contribution is -2.63. The standard InChI is InChI=1S/C28H34N2O3/c1-33-24-16-8-5-11-20(24)19-29-26(31)25-22-14-6-7-15-23(22)27(32)30(21-12-3-2-4-13-21)28(25)17-9-10-18-28/h5-8,11,14-16,21,25H,2-4,9-10,12-13,17-19H2,1H3,(H,29,31). The number of amides is 2. The molecule has 33 heavy (non-hydrogen) atoms. The van der Waals surface area contributed by atoms with Crippen molar-refractivity contribution >= 4 is 11.8 Å². The summed E-state index contributed by atoms with van der Waals surface area (Å²) in [5, 5.41) is 3.22. The first kappa shape index (κ1) is 22.0. The van der Waals surface area contributed by atoms with Crippen molar-refractivity contribution in [3.8, 4) is 5.75 Å². The molecule has 1 aliphatic heterocycles. The van der Waals surface area contributed by atoms with Crippen molar-refractivity contribution in [1.82, 2.24) is 10.2 Å². The van der Waals surface area contributed by atoms with E-state index in [9.17, 15) is 9.59 Å². The van der Waals surface area contributed by atoms with Gasteiger partial charge in [-0.15, -0.1) is 0 Å². The van der Waals surface area contributed by atoms with Gasteiger partial charge in [-0.1, -0.05) is 68.5 Å². The zero-order valence-corrected chi connectivity index (χ0v) is 19.5. The van der Waals surface area contributed by atoms with E-state index < -0.39 is 5.54 Å². The zero-order valence-electron chi connectivity index (χ0n) is 19.5. The second kappa shape index (κ2) is 9.20. The lowest BCUT2D eigenvalue weighted by atomic mass is 9.69. The Bertz CT molecular complexity index is 1020. The van der Waals surface area contributed by atoms with E-state index >= 15 is 0 Å². The van der Waals surface area contributed by atoms with Gasteiger partial charge in [0.25, 0.3) is 5.91 Å². The van der Waals surface area contributed by atoms with E-state index in [4.69, 9.17) is 4.74 Å². The maximum atomic E-state index is 13.9. The van der Waals surface area contributed by atoms with Crippen LogP contribution in [-0.2, 0) is 11.3 Å². The molecule has 0 bridgehead atoms. The topological polar surface area (TPSA) is 58.6 Å². The average molecular weight is 447 g/mol. The molecule has 2 aromatic rings. The van der Waals surface area contributed by atoms with Crippen molar-refractivity contribution in [2.24, 2.45) is 0 Å². The van der Waals surface area contributed by atoms with Crippen molar-refractivity contribution in [3.63, 3.8) is 0 Å². The lowest BCUT2D eigenvalue weighted by molar-refractivity contribution is -0.127. The third-order valence-corrected chi connectivity index (χ3v) is 8.06. The fourth-order valence-corrected chi connectivity index (χ4v) is 6.61. The first-order valence-electron chi connectivity index (χ1n) is 12.5. The molecule has 5 heteroatoms. The number of rotatable bonds is 5. The number of para-hydroxylation sites is 1. The largest absolute Gasteiger partial charge is 0.496 e. The Morgan fingerprint density at radius 1 is 1.00 bits per heavy atom. The third kappa shape index (κ3) is 3.81. The highest BCUT2D eigenvalue weighted by Gasteiger charge is 2.57. The van der Waals surface area contributed by atoms with Gasteiger partial charge in [-0.2, -0.15) is 0 Å². The van der Waals surface area contributed by atoms with Crippen molar-refractivity contribution in [3.05, 3.63) is 65.2 Å². The summed E-state index contributed by atoms with van der Waals surface area (Å²) in [6.07, 6.45) is 9.59. The molecule has 2 fully saturated rings. The van der Waals surface area contributed by atoms with E-state index in [0.717, 1.165) is 68.2 Å². The highest BCUT2D eigenvalue weighted by atomic mass is 16.5. The van der Waals surface area contributed by atoms with Crippen molar-refractivity contribution < 1.29 is 14.3 Å². The summed E-state index contributed by atoms with van der Waals surface area (Å²) in [4.78, 5) is 30.0. The summed E-state index contributed by atoms with van der Waals surface area (Å²) < 4.78 is 5.48. The molecule has 1 heterocycles. The molecule has 1 atom stereocenters. The van der Waals surface area contributed by atoms with Gasteiger partial charge in [0.2, 0.25) is 5.91 Å². The van der Waals surface area contributed by atoms with Crippen LogP contribution in [0.4, 0.5) is 0 Å². The summed E-state index contributed by atoms with van der Waals surface area (Å²) in [5.41, 5.74) is 2.14.